The van der Waals surface area contributed by atoms with Gasteiger partial charge in [0, 0.05) is 5.56 Å². The van der Waals surface area contributed by atoms with Crippen molar-refractivity contribution in [3.63, 3.8) is 0 Å². The van der Waals surface area contributed by atoms with Gasteiger partial charge in [-0.3, -0.25) is 0 Å². The molecule has 3 nitrogen and oxygen atoms in total. The molecule has 0 atom stereocenters. The van der Waals surface area contributed by atoms with Crippen molar-refractivity contribution in [2.24, 2.45) is 0 Å². The Labute approximate surface area is 112 Å². The molecule has 1 N–H and O–H groups in total. The molecule has 3 heteroatoms. The fourth-order valence-electron chi connectivity index (χ4n) is 2.16. The largest absolute Gasteiger partial charge is 0.489 e. The van der Waals surface area contributed by atoms with Crippen molar-refractivity contribution in [3.8, 4) is 5.75 Å². The Morgan fingerprint density at radius 1 is 1.00 bits per heavy atom. The fraction of sp³-hybridized carbons (Fsp3) is 0.250. The van der Waals surface area contributed by atoms with E-state index in [4.69, 9.17) is 9.47 Å². The first kappa shape index (κ1) is 12.2. The minimum absolute atomic E-state index is 0.332. The van der Waals surface area contributed by atoms with Crippen LogP contribution in [-0.2, 0) is 16.9 Å². The third-order valence-corrected chi connectivity index (χ3v) is 3.31. The zero-order chi connectivity index (χ0) is 13.1. The van der Waals surface area contributed by atoms with Crippen LogP contribution in [0.15, 0.2) is 54.6 Å². The van der Waals surface area contributed by atoms with Gasteiger partial charge in [-0.1, -0.05) is 48.5 Å². The molecule has 2 aromatic carbocycles. The van der Waals surface area contributed by atoms with Gasteiger partial charge in [0.1, 0.15) is 18.0 Å². The topological polar surface area (TPSA) is 38.7 Å². The molecule has 1 heterocycles. The molecule has 98 valence electrons. The first-order chi connectivity index (χ1) is 9.28. The number of hydrogen-bond acceptors (Lipinski definition) is 3. The number of benzene rings is 2. The van der Waals surface area contributed by atoms with E-state index in [2.05, 4.69) is 0 Å². The highest BCUT2D eigenvalue weighted by atomic mass is 16.5. The molecule has 1 saturated heterocycles. The molecule has 3 rings (SSSR count). The van der Waals surface area contributed by atoms with Gasteiger partial charge in [0.15, 0.2) is 0 Å². The Morgan fingerprint density at radius 2 is 1.68 bits per heavy atom. The van der Waals surface area contributed by atoms with Gasteiger partial charge in [0.05, 0.1) is 13.2 Å². The SMILES string of the molecule is OC1(c2ccccc2OCc2ccccc2)COC1. The standard InChI is InChI=1S/C16H16O3/c17-16(11-18-12-16)14-8-4-5-9-15(14)19-10-13-6-2-1-3-7-13/h1-9,17H,10-12H2. The van der Waals surface area contributed by atoms with Crippen LogP contribution in [0, 0.1) is 0 Å². The molecular formula is C16H16O3. The van der Waals surface area contributed by atoms with E-state index in [1.54, 1.807) is 0 Å². The second-order valence-corrected chi connectivity index (χ2v) is 4.79. The normalized spacial score (nSPS) is 16.7. The van der Waals surface area contributed by atoms with E-state index >= 15 is 0 Å². The fourth-order valence-corrected chi connectivity index (χ4v) is 2.16. The smallest absolute Gasteiger partial charge is 0.140 e. The number of ether oxygens (including phenoxy) is 2. The summed E-state index contributed by atoms with van der Waals surface area (Å²) in [5.41, 5.74) is 1.01. The van der Waals surface area contributed by atoms with E-state index in [0.29, 0.717) is 19.8 Å². The van der Waals surface area contributed by atoms with Gasteiger partial charge in [0.2, 0.25) is 0 Å². The number of rotatable bonds is 4. The summed E-state index contributed by atoms with van der Waals surface area (Å²) in [6.07, 6.45) is 0. The molecule has 0 saturated carbocycles. The van der Waals surface area contributed by atoms with Crippen LogP contribution in [0.25, 0.3) is 0 Å². The Morgan fingerprint density at radius 3 is 2.37 bits per heavy atom. The molecule has 2 aromatic rings. The zero-order valence-corrected chi connectivity index (χ0v) is 10.6. The van der Waals surface area contributed by atoms with E-state index < -0.39 is 5.60 Å². The lowest BCUT2D eigenvalue weighted by molar-refractivity contribution is -0.185. The number of para-hydroxylation sites is 1. The van der Waals surface area contributed by atoms with Crippen LogP contribution in [0.4, 0.5) is 0 Å². The lowest BCUT2D eigenvalue weighted by Gasteiger charge is -2.37. The van der Waals surface area contributed by atoms with Crippen molar-refractivity contribution in [2.45, 2.75) is 12.2 Å². The summed E-state index contributed by atoms with van der Waals surface area (Å²) in [4.78, 5) is 0. The highest BCUT2D eigenvalue weighted by Gasteiger charge is 2.40. The highest BCUT2D eigenvalue weighted by molar-refractivity contribution is 5.39. The van der Waals surface area contributed by atoms with E-state index in [9.17, 15) is 5.11 Å². The molecule has 1 fully saturated rings. The molecule has 0 radical (unpaired) electrons. The molecule has 0 aliphatic carbocycles. The van der Waals surface area contributed by atoms with Crippen molar-refractivity contribution < 1.29 is 14.6 Å². The van der Waals surface area contributed by atoms with Crippen LogP contribution < -0.4 is 4.74 Å². The maximum Gasteiger partial charge on any atom is 0.140 e. The number of aliphatic hydroxyl groups is 1. The van der Waals surface area contributed by atoms with Gasteiger partial charge in [-0.25, -0.2) is 0 Å². The highest BCUT2D eigenvalue weighted by Crippen LogP contribution is 2.35. The lowest BCUT2D eigenvalue weighted by atomic mass is 9.91. The minimum Gasteiger partial charge on any atom is -0.489 e. The average molecular weight is 256 g/mol. The van der Waals surface area contributed by atoms with Crippen LogP contribution in [0.1, 0.15) is 11.1 Å². The summed E-state index contributed by atoms with van der Waals surface area (Å²) in [7, 11) is 0. The van der Waals surface area contributed by atoms with E-state index in [0.717, 1.165) is 16.9 Å². The molecule has 0 aromatic heterocycles. The van der Waals surface area contributed by atoms with Gasteiger partial charge >= 0.3 is 0 Å². The molecule has 1 aliphatic heterocycles. The van der Waals surface area contributed by atoms with E-state index in [1.165, 1.54) is 0 Å². The molecule has 0 amide bonds. The van der Waals surface area contributed by atoms with Gasteiger partial charge in [-0.05, 0) is 11.6 Å². The van der Waals surface area contributed by atoms with Gasteiger partial charge < -0.3 is 14.6 Å². The van der Waals surface area contributed by atoms with Gasteiger partial charge in [0.25, 0.3) is 0 Å². The first-order valence-electron chi connectivity index (χ1n) is 6.34. The second kappa shape index (κ2) is 5.03. The van der Waals surface area contributed by atoms with Crippen LogP contribution in [0.2, 0.25) is 0 Å². The van der Waals surface area contributed by atoms with Crippen molar-refractivity contribution in [3.05, 3.63) is 65.7 Å². The molecule has 0 spiro atoms. The quantitative estimate of drug-likeness (QED) is 0.913. The molecule has 0 bridgehead atoms. The Bertz CT molecular complexity index is 547. The Kier molecular flexibility index (Phi) is 3.23. The summed E-state index contributed by atoms with van der Waals surface area (Å²) in [5, 5.41) is 10.4. The maximum atomic E-state index is 10.4. The third kappa shape index (κ3) is 2.48. The van der Waals surface area contributed by atoms with Crippen molar-refractivity contribution in [2.75, 3.05) is 13.2 Å². The van der Waals surface area contributed by atoms with Crippen LogP contribution >= 0.6 is 0 Å². The summed E-state index contributed by atoms with van der Waals surface area (Å²) in [6, 6.07) is 17.6. The van der Waals surface area contributed by atoms with E-state index in [1.807, 2.05) is 54.6 Å². The predicted molar refractivity (Wildman–Crippen MR) is 71.9 cm³/mol. The third-order valence-electron chi connectivity index (χ3n) is 3.31. The first-order valence-corrected chi connectivity index (χ1v) is 6.34. The summed E-state index contributed by atoms with van der Waals surface area (Å²) in [6.45, 7) is 1.16. The van der Waals surface area contributed by atoms with Crippen molar-refractivity contribution in [1.29, 1.82) is 0 Å². The molecule has 1 aliphatic rings. The molecule has 19 heavy (non-hydrogen) atoms. The summed E-state index contributed by atoms with van der Waals surface area (Å²) in [5.74, 6) is 0.720. The van der Waals surface area contributed by atoms with Crippen LogP contribution in [0.5, 0.6) is 5.75 Å². The monoisotopic (exact) mass is 256 g/mol. The summed E-state index contributed by atoms with van der Waals surface area (Å²) >= 11 is 0. The molecule has 0 unspecified atom stereocenters. The van der Waals surface area contributed by atoms with Gasteiger partial charge in [-0.15, -0.1) is 0 Å². The van der Waals surface area contributed by atoms with Gasteiger partial charge in [-0.2, -0.15) is 0 Å². The number of hydrogen-bond donors (Lipinski definition) is 1. The van der Waals surface area contributed by atoms with Crippen LogP contribution in [0.3, 0.4) is 0 Å². The van der Waals surface area contributed by atoms with Crippen molar-refractivity contribution >= 4 is 0 Å². The average Bonchev–Trinajstić information content (AvgIpc) is 2.44. The Balaban J connectivity index is 1.78. The van der Waals surface area contributed by atoms with Crippen LogP contribution in [-0.4, -0.2) is 18.3 Å². The minimum atomic E-state index is -0.896. The van der Waals surface area contributed by atoms with Crippen molar-refractivity contribution in [1.82, 2.24) is 0 Å². The molecular weight excluding hydrogens is 240 g/mol. The predicted octanol–water partition coefficient (Wildman–Crippen LogP) is 2.48. The van der Waals surface area contributed by atoms with E-state index in [-0.39, 0.29) is 0 Å². The summed E-state index contributed by atoms with van der Waals surface area (Å²) < 4.78 is 10.9. The maximum absolute atomic E-state index is 10.4. The lowest BCUT2D eigenvalue weighted by Crippen LogP contribution is -2.46. The zero-order valence-electron chi connectivity index (χ0n) is 10.6. The Hall–Kier alpha value is -1.84. The second-order valence-electron chi connectivity index (χ2n) is 4.79.